The van der Waals surface area contributed by atoms with Crippen molar-refractivity contribution in [3.63, 3.8) is 0 Å². The van der Waals surface area contributed by atoms with E-state index in [-0.39, 0.29) is 12.8 Å². The Labute approximate surface area is 128 Å². The van der Waals surface area contributed by atoms with Gasteiger partial charge in [-0.25, -0.2) is 9.59 Å². The van der Waals surface area contributed by atoms with Gasteiger partial charge >= 0.3 is 11.9 Å². The normalized spacial score (nSPS) is 11.9. The summed E-state index contributed by atoms with van der Waals surface area (Å²) in [6.45, 7) is -1.47. The zero-order valence-electron chi connectivity index (χ0n) is 12.1. The van der Waals surface area contributed by atoms with Crippen LogP contribution in [0.5, 0.6) is 0 Å². The molecule has 0 bridgehead atoms. The van der Waals surface area contributed by atoms with E-state index in [0.29, 0.717) is 0 Å². The average Bonchev–Trinajstić information content (AvgIpc) is 2.47. The third-order valence-electron chi connectivity index (χ3n) is 2.21. The van der Waals surface area contributed by atoms with Crippen LogP contribution in [0.25, 0.3) is 0 Å². The number of rotatable bonds is 11. The quantitative estimate of drug-likeness (QED) is 0.250. The maximum atomic E-state index is 11.4. The minimum atomic E-state index is -3.94. The Balaban J connectivity index is 4.05. The molecule has 12 heteroatoms. The molecule has 0 heterocycles. The van der Waals surface area contributed by atoms with Crippen LogP contribution in [0.2, 0.25) is 0 Å². The van der Waals surface area contributed by atoms with Crippen molar-refractivity contribution in [1.29, 1.82) is 0 Å². The Morgan fingerprint density at radius 3 is 1.32 bits per heavy atom. The first-order chi connectivity index (χ1) is 10.1. The lowest BCUT2D eigenvalue weighted by Crippen LogP contribution is -2.19. The number of hydrogen-bond acceptors (Lipinski definition) is 10. The van der Waals surface area contributed by atoms with Gasteiger partial charge in [0.2, 0.25) is 0 Å². The Bertz CT molecular complexity index is 511. The number of ether oxygens (including phenoxy) is 2. The van der Waals surface area contributed by atoms with E-state index in [9.17, 15) is 26.4 Å². The third kappa shape index (κ3) is 10.5. The van der Waals surface area contributed by atoms with Crippen LogP contribution in [0, 0.1) is 0 Å². The van der Waals surface area contributed by atoms with Crippen LogP contribution < -0.4 is 0 Å². The Hall–Kier alpha value is -1.24. The van der Waals surface area contributed by atoms with Gasteiger partial charge in [0.15, 0.2) is 13.2 Å². The largest absolute Gasteiger partial charge is 0.467 e. The molecule has 0 saturated heterocycles. The molecular weight excluding hydrogens is 344 g/mol. The summed E-state index contributed by atoms with van der Waals surface area (Å²) in [7, 11) is -5.73. The topological polar surface area (TPSA) is 139 Å². The monoisotopic (exact) mass is 362 g/mol. The van der Waals surface area contributed by atoms with E-state index >= 15 is 0 Å². The second-order valence-electron chi connectivity index (χ2n) is 3.91. The van der Waals surface area contributed by atoms with Crippen molar-refractivity contribution < 1.29 is 44.3 Å². The van der Waals surface area contributed by atoms with Crippen molar-refractivity contribution in [2.75, 3.05) is 38.9 Å². The zero-order chi connectivity index (χ0) is 17.2. The van der Waals surface area contributed by atoms with Gasteiger partial charge in [-0.1, -0.05) is 0 Å². The van der Waals surface area contributed by atoms with Gasteiger partial charge < -0.3 is 9.47 Å². The number of methoxy groups -OCH3 is 2. The smallest absolute Gasteiger partial charge is 0.333 e. The molecule has 0 amide bonds. The van der Waals surface area contributed by atoms with E-state index in [1.54, 1.807) is 0 Å². The number of hydrogen-bond donors (Lipinski definition) is 0. The summed E-state index contributed by atoms with van der Waals surface area (Å²) in [5.74, 6) is -2.61. The first-order valence-electron chi connectivity index (χ1n) is 5.99. The lowest BCUT2D eigenvalue weighted by molar-refractivity contribution is -0.143. The molecule has 0 rings (SSSR count). The van der Waals surface area contributed by atoms with Crippen LogP contribution >= 0.6 is 0 Å². The fourth-order valence-corrected chi connectivity index (χ4v) is 2.97. The zero-order valence-corrected chi connectivity index (χ0v) is 13.8. The Kier molecular flexibility index (Phi) is 9.16. The molecule has 0 atom stereocenters. The van der Waals surface area contributed by atoms with E-state index in [1.807, 2.05) is 0 Å². The molecule has 0 N–H and O–H groups in total. The fraction of sp³-hybridized carbons (Fsp3) is 0.800. The van der Waals surface area contributed by atoms with Gasteiger partial charge in [-0.3, -0.25) is 8.37 Å². The predicted octanol–water partition coefficient (Wildman–Crippen LogP) is -1.19. The van der Waals surface area contributed by atoms with Crippen molar-refractivity contribution in [2.45, 2.75) is 12.8 Å². The summed E-state index contributed by atoms with van der Waals surface area (Å²) in [4.78, 5) is 21.5. The minimum absolute atomic E-state index is 0.0235. The molecule has 0 aromatic carbocycles. The van der Waals surface area contributed by atoms with Crippen molar-refractivity contribution in [1.82, 2.24) is 0 Å². The summed E-state index contributed by atoms with van der Waals surface area (Å²) < 4.78 is 62.6. The molecule has 0 saturated carbocycles. The molecule has 0 radical (unpaired) electrons. The second-order valence-corrected chi connectivity index (χ2v) is 7.43. The number of carbonyl (C=O) groups is 2. The Morgan fingerprint density at radius 2 is 1.05 bits per heavy atom. The lowest BCUT2D eigenvalue weighted by atomic mass is 10.4. The summed E-state index contributed by atoms with van der Waals surface area (Å²) >= 11 is 0. The van der Waals surface area contributed by atoms with Gasteiger partial charge in [-0.15, -0.1) is 0 Å². The van der Waals surface area contributed by atoms with E-state index < -0.39 is 56.9 Å². The van der Waals surface area contributed by atoms with Gasteiger partial charge in [0, 0.05) is 0 Å². The molecule has 0 aliphatic heterocycles. The highest BCUT2D eigenvalue weighted by Crippen LogP contribution is 2.04. The highest BCUT2D eigenvalue weighted by Gasteiger charge is 2.17. The van der Waals surface area contributed by atoms with Crippen molar-refractivity contribution >= 4 is 32.2 Å². The molecule has 0 aromatic rings. The van der Waals surface area contributed by atoms with Crippen LogP contribution in [0.15, 0.2) is 0 Å². The second kappa shape index (κ2) is 9.71. The summed E-state index contributed by atoms with van der Waals surface area (Å²) in [6.07, 6.45) is -0.0470. The molecule has 0 spiro atoms. The first kappa shape index (κ1) is 20.8. The molecule has 130 valence electrons. The SMILES string of the molecule is COC(=O)COS(=O)(=O)CCCCS(=O)(=O)OCC(=O)OC. The number of carbonyl (C=O) groups excluding carboxylic acids is 2. The summed E-state index contributed by atoms with van der Waals surface area (Å²) in [5, 5.41) is 0. The predicted molar refractivity (Wildman–Crippen MR) is 72.7 cm³/mol. The van der Waals surface area contributed by atoms with Crippen LogP contribution in [0.4, 0.5) is 0 Å². The molecule has 0 aromatic heterocycles. The number of unbranched alkanes of at least 4 members (excludes halogenated alkanes) is 1. The lowest BCUT2D eigenvalue weighted by Gasteiger charge is -2.06. The molecule has 0 aliphatic carbocycles. The average molecular weight is 362 g/mol. The maximum absolute atomic E-state index is 11.4. The molecule has 0 fully saturated rings. The van der Waals surface area contributed by atoms with Gasteiger partial charge in [0.1, 0.15) is 0 Å². The van der Waals surface area contributed by atoms with Crippen LogP contribution in [0.1, 0.15) is 12.8 Å². The van der Waals surface area contributed by atoms with Gasteiger partial charge in [0.05, 0.1) is 25.7 Å². The Morgan fingerprint density at radius 1 is 0.727 bits per heavy atom. The van der Waals surface area contributed by atoms with Crippen LogP contribution in [-0.4, -0.2) is 67.7 Å². The molecule has 0 aliphatic rings. The number of esters is 2. The highest BCUT2D eigenvalue weighted by molar-refractivity contribution is 7.87. The minimum Gasteiger partial charge on any atom is -0.467 e. The van der Waals surface area contributed by atoms with Crippen LogP contribution in [0.3, 0.4) is 0 Å². The van der Waals surface area contributed by atoms with Crippen molar-refractivity contribution in [2.24, 2.45) is 0 Å². The summed E-state index contributed by atoms with van der Waals surface area (Å²) in [5.41, 5.74) is 0. The fourth-order valence-electron chi connectivity index (χ4n) is 1.07. The van der Waals surface area contributed by atoms with E-state index in [1.165, 1.54) is 0 Å². The summed E-state index contributed by atoms with van der Waals surface area (Å²) in [6, 6.07) is 0. The highest BCUT2D eigenvalue weighted by atomic mass is 32.2. The van der Waals surface area contributed by atoms with E-state index in [4.69, 9.17) is 0 Å². The van der Waals surface area contributed by atoms with Gasteiger partial charge in [0.25, 0.3) is 20.2 Å². The first-order valence-corrected chi connectivity index (χ1v) is 9.15. The van der Waals surface area contributed by atoms with Crippen LogP contribution in [-0.2, 0) is 47.7 Å². The molecule has 22 heavy (non-hydrogen) atoms. The van der Waals surface area contributed by atoms with Crippen molar-refractivity contribution in [3.8, 4) is 0 Å². The standard InChI is InChI=1S/C10H18O10S2/c1-17-9(11)7-19-21(13,14)5-3-4-6-22(15,16)20-8-10(12)18-2/h3-8H2,1-2H3. The van der Waals surface area contributed by atoms with E-state index in [2.05, 4.69) is 17.8 Å². The van der Waals surface area contributed by atoms with Crippen molar-refractivity contribution in [3.05, 3.63) is 0 Å². The molecule has 0 unspecified atom stereocenters. The van der Waals surface area contributed by atoms with Gasteiger partial charge in [-0.2, -0.15) is 16.8 Å². The molecular formula is C10H18O10S2. The molecule has 10 nitrogen and oxygen atoms in total. The van der Waals surface area contributed by atoms with E-state index in [0.717, 1.165) is 14.2 Å². The maximum Gasteiger partial charge on any atom is 0.333 e. The third-order valence-corrected chi connectivity index (χ3v) is 4.74. The van der Waals surface area contributed by atoms with Gasteiger partial charge in [-0.05, 0) is 12.8 Å².